The lowest BCUT2D eigenvalue weighted by Crippen LogP contribution is -2.48. The van der Waals surface area contributed by atoms with Crippen LogP contribution in [-0.2, 0) is 6.54 Å². The number of anilines is 1. The number of carbonyl (C=O) groups excluding carboxylic acids is 1. The van der Waals surface area contributed by atoms with Gasteiger partial charge in [-0.15, -0.1) is 11.3 Å². The van der Waals surface area contributed by atoms with Crippen LogP contribution in [0.4, 0.5) is 5.13 Å². The number of amides is 1. The van der Waals surface area contributed by atoms with Gasteiger partial charge in [-0.2, -0.15) is 0 Å². The number of hydrogen-bond donors (Lipinski definition) is 1. The number of nitrogens with two attached hydrogens (primary N) is 1. The van der Waals surface area contributed by atoms with Gasteiger partial charge in [0.05, 0.1) is 12.2 Å². The van der Waals surface area contributed by atoms with Gasteiger partial charge in [-0.3, -0.25) is 9.69 Å². The summed E-state index contributed by atoms with van der Waals surface area (Å²) in [6.45, 7) is 5.62. The van der Waals surface area contributed by atoms with Gasteiger partial charge in [0.25, 0.3) is 5.91 Å². The van der Waals surface area contributed by atoms with Crippen molar-refractivity contribution in [2.75, 3.05) is 31.9 Å². The molecule has 0 aromatic carbocycles. The molecule has 1 saturated heterocycles. The van der Waals surface area contributed by atoms with Crippen LogP contribution in [0.2, 0.25) is 0 Å². The quantitative estimate of drug-likeness (QED) is 0.909. The van der Waals surface area contributed by atoms with Crippen molar-refractivity contribution >= 4 is 22.4 Å². The lowest BCUT2D eigenvalue weighted by molar-refractivity contribution is 0.0612. The largest absolute Gasteiger partial charge is 0.375 e. The van der Waals surface area contributed by atoms with Gasteiger partial charge in [-0.05, 0) is 6.92 Å². The Hall–Kier alpha value is -1.93. The summed E-state index contributed by atoms with van der Waals surface area (Å²) in [6, 6.07) is 1.94. The maximum Gasteiger partial charge on any atom is 0.273 e. The van der Waals surface area contributed by atoms with Crippen molar-refractivity contribution in [2.24, 2.45) is 0 Å². The average Bonchev–Trinajstić information content (AvgIpc) is 3.08. The molecule has 1 aliphatic heterocycles. The minimum atomic E-state index is -0.0434. The molecule has 21 heavy (non-hydrogen) atoms. The number of thiazole rings is 1. The van der Waals surface area contributed by atoms with Gasteiger partial charge in [0.15, 0.2) is 10.9 Å². The highest BCUT2D eigenvalue weighted by Gasteiger charge is 2.24. The summed E-state index contributed by atoms with van der Waals surface area (Å²) in [5.41, 5.74) is 6.90. The number of aryl methyl sites for hydroxylation is 1. The van der Waals surface area contributed by atoms with Gasteiger partial charge < -0.3 is 15.2 Å². The van der Waals surface area contributed by atoms with Crippen molar-refractivity contribution in [3.63, 3.8) is 0 Å². The summed E-state index contributed by atoms with van der Waals surface area (Å²) < 4.78 is 5.22. The molecule has 0 saturated carbocycles. The average molecular weight is 307 g/mol. The summed E-state index contributed by atoms with van der Waals surface area (Å²) in [5, 5.41) is 6.02. The van der Waals surface area contributed by atoms with Crippen LogP contribution in [0.3, 0.4) is 0 Å². The number of piperazine rings is 1. The standard InChI is InChI=1S/C13H17N5O2S/c1-9-6-10(20-16-9)7-17-2-4-18(5-3-17)12(19)11-8-21-13(14)15-11/h6,8H,2-5,7H2,1H3,(H2,14,15). The predicted octanol–water partition coefficient (Wildman–Crippen LogP) is 0.980. The molecule has 112 valence electrons. The molecule has 2 N–H and O–H groups in total. The van der Waals surface area contributed by atoms with Gasteiger partial charge in [0.2, 0.25) is 0 Å². The van der Waals surface area contributed by atoms with Gasteiger partial charge in [0.1, 0.15) is 5.69 Å². The number of aromatic nitrogens is 2. The zero-order chi connectivity index (χ0) is 14.8. The van der Waals surface area contributed by atoms with Crippen LogP contribution in [0.1, 0.15) is 21.9 Å². The van der Waals surface area contributed by atoms with E-state index in [4.69, 9.17) is 10.3 Å². The first-order valence-electron chi connectivity index (χ1n) is 6.76. The molecule has 3 rings (SSSR count). The van der Waals surface area contributed by atoms with Crippen molar-refractivity contribution in [1.82, 2.24) is 19.9 Å². The van der Waals surface area contributed by atoms with Crippen LogP contribution in [0.15, 0.2) is 16.0 Å². The Bertz CT molecular complexity index is 630. The second-order valence-corrected chi connectivity index (χ2v) is 5.96. The first kappa shape index (κ1) is 14.0. The highest BCUT2D eigenvalue weighted by atomic mass is 32.1. The van der Waals surface area contributed by atoms with Crippen molar-refractivity contribution in [3.8, 4) is 0 Å². The van der Waals surface area contributed by atoms with Gasteiger partial charge in [-0.1, -0.05) is 5.16 Å². The van der Waals surface area contributed by atoms with Crippen LogP contribution in [0.5, 0.6) is 0 Å². The van der Waals surface area contributed by atoms with E-state index < -0.39 is 0 Å². The minimum absolute atomic E-state index is 0.0434. The Morgan fingerprint density at radius 3 is 2.76 bits per heavy atom. The molecule has 3 heterocycles. The minimum Gasteiger partial charge on any atom is -0.375 e. The second-order valence-electron chi connectivity index (χ2n) is 5.07. The fraction of sp³-hybridized carbons (Fsp3) is 0.462. The van der Waals surface area contributed by atoms with E-state index in [-0.39, 0.29) is 5.91 Å². The van der Waals surface area contributed by atoms with Crippen molar-refractivity contribution in [2.45, 2.75) is 13.5 Å². The molecule has 0 unspecified atom stereocenters. The molecule has 1 amide bonds. The third-order valence-electron chi connectivity index (χ3n) is 3.46. The summed E-state index contributed by atoms with van der Waals surface area (Å²) >= 11 is 1.29. The smallest absolute Gasteiger partial charge is 0.273 e. The number of nitrogen functional groups attached to an aromatic ring is 1. The van der Waals surface area contributed by atoms with E-state index in [0.717, 1.165) is 31.1 Å². The lowest BCUT2D eigenvalue weighted by Gasteiger charge is -2.33. The molecule has 1 fully saturated rings. The summed E-state index contributed by atoms with van der Waals surface area (Å²) in [5.74, 6) is 0.817. The van der Waals surface area contributed by atoms with Crippen LogP contribution >= 0.6 is 11.3 Å². The summed E-state index contributed by atoms with van der Waals surface area (Å²) in [7, 11) is 0. The molecule has 0 bridgehead atoms. The number of rotatable bonds is 3. The molecule has 0 spiro atoms. The fourth-order valence-corrected chi connectivity index (χ4v) is 2.91. The number of carbonyl (C=O) groups is 1. The summed E-state index contributed by atoms with van der Waals surface area (Å²) in [4.78, 5) is 20.4. The molecule has 8 heteroatoms. The molecule has 2 aromatic rings. The van der Waals surface area contributed by atoms with Crippen LogP contribution in [-0.4, -0.2) is 52.0 Å². The number of nitrogens with zero attached hydrogens (tertiary/aromatic N) is 4. The zero-order valence-corrected chi connectivity index (χ0v) is 12.6. The van der Waals surface area contributed by atoms with E-state index in [9.17, 15) is 4.79 Å². The third kappa shape index (κ3) is 3.22. The molecule has 0 atom stereocenters. The topological polar surface area (TPSA) is 88.5 Å². The normalized spacial score (nSPS) is 16.3. The van der Waals surface area contributed by atoms with Crippen molar-refractivity contribution < 1.29 is 9.32 Å². The predicted molar refractivity (Wildman–Crippen MR) is 78.9 cm³/mol. The maximum atomic E-state index is 12.2. The molecule has 0 radical (unpaired) electrons. The Morgan fingerprint density at radius 1 is 1.43 bits per heavy atom. The van der Waals surface area contributed by atoms with E-state index in [0.29, 0.717) is 23.9 Å². The van der Waals surface area contributed by atoms with Crippen LogP contribution < -0.4 is 5.73 Å². The first-order valence-corrected chi connectivity index (χ1v) is 7.64. The second kappa shape index (κ2) is 5.82. The first-order chi connectivity index (χ1) is 10.1. The monoisotopic (exact) mass is 307 g/mol. The van der Waals surface area contributed by atoms with Gasteiger partial charge >= 0.3 is 0 Å². The van der Waals surface area contributed by atoms with Gasteiger partial charge in [0, 0.05) is 37.6 Å². The summed E-state index contributed by atoms with van der Waals surface area (Å²) in [6.07, 6.45) is 0. The van der Waals surface area contributed by atoms with E-state index >= 15 is 0 Å². The van der Waals surface area contributed by atoms with E-state index in [1.807, 2.05) is 17.9 Å². The maximum absolute atomic E-state index is 12.2. The van der Waals surface area contributed by atoms with Crippen molar-refractivity contribution in [3.05, 3.63) is 28.6 Å². The van der Waals surface area contributed by atoms with E-state index in [1.165, 1.54) is 11.3 Å². The number of hydrogen-bond acceptors (Lipinski definition) is 7. The Kier molecular flexibility index (Phi) is 3.89. The van der Waals surface area contributed by atoms with Crippen molar-refractivity contribution in [1.29, 1.82) is 0 Å². The zero-order valence-electron chi connectivity index (χ0n) is 11.8. The van der Waals surface area contributed by atoms with E-state index in [1.54, 1.807) is 5.38 Å². The van der Waals surface area contributed by atoms with E-state index in [2.05, 4.69) is 15.0 Å². The molecular formula is C13H17N5O2S. The lowest BCUT2D eigenvalue weighted by atomic mass is 10.2. The molecule has 1 aliphatic rings. The third-order valence-corrected chi connectivity index (χ3v) is 4.13. The Balaban J connectivity index is 1.54. The highest BCUT2D eigenvalue weighted by Crippen LogP contribution is 2.15. The molecule has 7 nitrogen and oxygen atoms in total. The Labute approximate surface area is 126 Å². The van der Waals surface area contributed by atoms with Crippen LogP contribution in [0, 0.1) is 6.92 Å². The molecule has 2 aromatic heterocycles. The fourth-order valence-electron chi connectivity index (χ4n) is 2.37. The molecular weight excluding hydrogens is 290 g/mol. The molecule has 0 aliphatic carbocycles. The highest BCUT2D eigenvalue weighted by molar-refractivity contribution is 7.13. The van der Waals surface area contributed by atoms with Gasteiger partial charge in [-0.25, -0.2) is 4.98 Å². The Morgan fingerprint density at radius 2 is 2.19 bits per heavy atom. The van der Waals surface area contributed by atoms with Crippen LogP contribution in [0.25, 0.3) is 0 Å². The SMILES string of the molecule is Cc1cc(CN2CCN(C(=O)c3csc(N)n3)CC2)on1.